The number of aliphatic hydroxyl groups excluding tert-OH is 1. The highest BCUT2D eigenvalue weighted by molar-refractivity contribution is 7.89. The Hall–Kier alpha value is -3.64. The first-order valence-electron chi connectivity index (χ1n) is 15.6. The summed E-state index contributed by atoms with van der Waals surface area (Å²) in [5.74, 6) is -0.0882. The summed E-state index contributed by atoms with van der Waals surface area (Å²) >= 11 is 5.97. The van der Waals surface area contributed by atoms with E-state index in [4.69, 9.17) is 16.3 Å². The van der Waals surface area contributed by atoms with Crippen LogP contribution in [0.25, 0.3) is 0 Å². The van der Waals surface area contributed by atoms with Crippen LogP contribution in [0.3, 0.4) is 0 Å². The van der Waals surface area contributed by atoms with Crippen LogP contribution in [-0.4, -0.2) is 73.6 Å². The number of anilines is 2. The number of amides is 3. The third-order valence-corrected chi connectivity index (χ3v) is 10.9. The molecule has 1 heterocycles. The molecule has 3 amide bonds. The minimum atomic E-state index is -3.86. The number of ether oxygens (including phenoxy) is 1. The average molecular weight is 669 g/mol. The van der Waals surface area contributed by atoms with Gasteiger partial charge in [0.1, 0.15) is 11.9 Å². The molecule has 46 heavy (non-hydrogen) atoms. The second-order valence-electron chi connectivity index (χ2n) is 12.2. The number of aryl methyl sites for hydroxylation is 1. The summed E-state index contributed by atoms with van der Waals surface area (Å²) in [4.78, 5) is 28.4. The van der Waals surface area contributed by atoms with Gasteiger partial charge in [-0.15, -0.1) is 0 Å². The normalized spacial score (nSPS) is 19.2. The first-order valence-corrected chi connectivity index (χ1v) is 17.4. The molecule has 1 aliphatic heterocycles. The van der Waals surface area contributed by atoms with Crippen molar-refractivity contribution in [3.8, 4) is 5.75 Å². The van der Waals surface area contributed by atoms with Gasteiger partial charge in [0.25, 0.3) is 0 Å². The third kappa shape index (κ3) is 7.66. The number of likely N-dealkylation sites (N-methyl/N-ethyl adjacent to an activating group) is 1. The summed E-state index contributed by atoms with van der Waals surface area (Å²) in [6.45, 7) is 3.69. The molecule has 3 aromatic carbocycles. The minimum absolute atomic E-state index is 0.00487. The molecule has 5 rings (SSSR count). The van der Waals surface area contributed by atoms with Crippen molar-refractivity contribution in [1.82, 2.24) is 9.21 Å². The molecule has 1 aliphatic carbocycles. The van der Waals surface area contributed by atoms with Crippen LogP contribution in [0.1, 0.15) is 43.4 Å². The van der Waals surface area contributed by atoms with E-state index < -0.39 is 28.2 Å². The smallest absolute Gasteiger partial charge is 0.323 e. The lowest BCUT2D eigenvalue weighted by molar-refractivity contribution is -0.134. The molecule has 2 aliphatic rings. The number of benzene rings is 3. The number of hydrogen-bond acceptors (Lipinski definition) is 6. The molecular formula is C34H41ClN4O6S. The Kier molecular flexibility index (Phi) is 10.6. The molecule has 246 valence electrons. The van der Waals surface area contributed by atoms with Gasteiger partial charge in [0.2, 0.25) is 15.9 Å². The Morgan fingerprint density at radius 1 is 1.09 bits per heavy atom. The largest absolute Gasteiger partial charge is 0.488 e. The molecule has 3 aromatic rings. The highest BCUT2D eigenvalue weighted by Gasteiger charge is 2.33. The van der Waals surface area contributed by atoms with Crippen molar-refractivity contribution in [2.75, 3.05) is 37.4 Å². The molecule has 0 fully saturated rings. The van der Waals surface area contributed by atoms with E-state index in [0.717, 1.165) is 31.4 Å². The van der Waals surface area contributed by atoms with Crippen LogP contribution in [0.2, 0.25) is 5.02 Å². The van der Waals surface area contributed by atoms with Gasteiger partial charge >= 0.3 is 6.03 Å². The molecule has 0 spiro atoms. The van der Waals surface area contributed by atoms with Gasteiger partial charge < -0.3 is 25.4 Å². The van der Waals surface area contributed by atoms with Gasteiger partial charge in [-0.3, -0.25) is 4.79 Å². The van der Waals surface area contributed by atoms with Crippen LogP contribution in [0, 0.1) is 5.92 Å². The van der Waals surface area contributed by atoms with Crippen molar-refractivity contribution >= 4 is 44.9 Å². The zero-order valence-corrected chi connectivity index (χ0v) is 27.9. The molecular weight excluding hydrogens is 628 g/mol. The van der Waals surface area contributed by atoms with E-state index in [1.165, 1.54) is 46.7 Å². The molecule has 3 atom stereocenters. The van der Waals surface area contributed by atoms with Crippen molar-refractivity contribution in [1.29, 1.82) is 0 Å². The molecule has 0 saturated carbocycles. The van der Waals surface area contributed by atoms with Gasteiger partial charge in [-0.05, 0) is 92.3 Å². The summed E-state index contributed by atoms with van der Waals surface area (Å²) in [5, 5.41) is 16.2. The number of aliphatic hydroxyl groups is 1. The summed E-state index contributed by atoms with van der Waals surface area (Å²) < 4.78 is 34.5. The third-order valence-electron chi connectivity index (χ3n) is 8.78. The molecule has 0 bridgehead atoms. The first-order chi connectivity index (χ1) is 22.0. The highest BCUT2D eigenvalue weighted by Crippen LogP contribution is 2.31. The SMILES string of the molecule is C[C@H]1CN([C@@H](C)CO)C(=O)Cc2cc(NC(=O)Nc3cccc4c3CCCC4)ccc2O[C@H]1CN(C)S(=O)(=O)c1ccc(Cl)cc1. The van der Waals surface area contributed by atoms with E-state index in [9.17, 15) is 23.1 Å². The number of urea groups is 1. The van der Waals surface area contributed by atoms with E-state index in [2.05, 4.69) is 16.7 Å². The number of sulfonamides is 1. The lowest BCUT2D eigenvalue weighted by Gasteiger charge is -2.33. The fourth-order valence-electron chi connectivity index (χ4n) is 6.05. The maximum absolute atomic E-state index is 13.6. The van der Waals surface area contributed by atoms with Gasteiger partial charge in [-0.2, -0.15) is 4.31 Å². The summed E-state index contributed by atoms with van der Waals surface area (Å²) in [7, 11) is -2.38. The summed E-state index contributed by atoms with van der Waals surface area (Å²) in [6, 6.07) is 16.2. The van der Waals surface area contributed by atoms with E-state index >= 15 is 0 Å². The standard InChI is InChI=1S/C34H41ClN4O6S/c1-22-19-39(23(2)21-40)33(41)18-25-17-27(36-34(42)37-30-10-6-8-24-7-4-5-9-29(24)30)13-16-31(25)45-32(22)20-38(3)46(43,44)28-14-11-26(35)12-15-28/h6,8,10-17,22-23,32,40H,4-5,7,9,18-21H2,1-3H3,(H2,36,37,42)/t22-,23-,32-/m0/s1. The number of fused-ring (bicyclic) bond motifs is 2. The highest BCUT2D eigenvalue weighted by atomic mass is 35.5. The topological polar surface area (TPSA) is 128 Å². The Labute approximate surface area is 275 Å². The van der Waals surface area contributed by atoms with Gasteiger partial charge in [-0.1, -0.05) is 30.7 Å². The molecule has 12 heteroatoms. The van der Waals surface area contributed by atoms with Crippen LogP contribution >= 0.6 is 11.6 Å². The van der Waals surface area contributed by atoms with E-state index in [-0.39, 0.29) is 42.8 Å². The quantitative estimate of drug-likeness (QED) is 0.298. The fourth-order valence-corrected chi connectivity index (χ4v) is 7.36. The van der Waals surface area contributed by atoms with Crippen LogP contribution in [0.4, 0.5) is 16.2 Å². The Morgan fingerprint density at radius 3 is 2.57 bits per heavy atom. The maximum Gasteiger partial charge on any atom is 0.323 e. The number of hydrogen-bond donors (Lipinski definition) is 3. The second kappa shape index (κ2) is 14.4. The average Bonchev–Trinajstić information content (AvgIpc) is 3.08. The van der Waals surface area contributed by atoms with Crippen molar-refractivity contribution in [3.05, 3.63) is 82.4 Å². The van der Waals surface area contributed by atoms with Crippen LogP contribution in [-0.2, 0) is 34.1 Å². The van der Waals surface area contributed by atoms with E-state index in [0.29, 0.717) is 22.0 Å². The molecule has 0 saturated heterocycles. The van der Waals surface area contributed by atoms with Crippen molar-refractivity contribution in [2.45, 2.75) is 63.0 Å². The predicted molar refractivity (Wildman–Crippen MR) is 179 cm³/mol. The lowest BCUT2D eigenvalue weighted by atomic mass is 9.90. The number of nitrogens with one attached hydrogen (secondary N) is 2. The van der Waals surface area contributed by atoms with Gasteiger partial charge in [0, 0.05) is 41.5 Å². The van der Waals surface area contributed by atoms with Crippen molar-refractivity contribution in [2.24, 2.45) is 5.92 Å². The van der Waals surface area contributed by atoms with Gasteiger partial charge in [0.15, 0.2) is 0 Å². The van der Waals surface area contributed by atoms with E-state index in [1.54, 1.807) is 30.0 Å². The van der Waals surface area contributed by atoms with Crippen LogP contribution in [0.5, 0.6) is 5.75 Å². The first kappa shape index (κ1) is 33.7. The van der Waals surface area contributed by atoms with Gasteiger partial charge in [0.05, 0.1) is 30.5 Å². The van der Waals surface area contributed by atoms with E-state index in [1.807, 2.05) is 19.1 Å². The number of rotatable bonds is 8. The lowest BCUT2D eigenvalue weighted by Crippen LogP contribution is -2.48. The maximum atomic E-state index is 13.6. The molecule has 0 unspecified atom stereocenters. The Morgan fingerprint density at radius 2 is 1.83 bits per heavy atom. The minimum Gasteiger partial charge on any atom is -0.488 e. The summed E-state index contributed by atoms with van der Waals surface area (Å²) in [5.41, 5.74) is 4.23. The number of carbonyl (C=O) groups is 2. The second-order valence-corrected chi connectivity index (χ2v) is 14.7. The van der Waals surface area contributed by atoms with Crippen LogP contribution in [0.15, 0.2) is 65.6 Å². The molecule has 3 N–H and O–H groups in total. The fraction of sp³-hybridized carbons (Fsp3) is 0.412. The zero-order valence-electron chi connectivity index (χ0n) is 26.3. The Bertz CT molecular complexity index is 1680. The number of carbonyl (C=O) groups excluding carboxylic acids is 2. The monoisotopic (exact) mass is 668 g/mol. The van der Waals surface area contributed by atoms with Crippen molar-refractivity contribution < 1.29 is 27.9 Å². The Balaban J connectivity index is 1.40. The van der Waals surface area contributed by atoms with Crippen molar-refractivity contribution in [3.63, 3.8) is 0 Å². The molecule has 0 radical (unpaired) electrons. The number of halogens is 1. The van der Waals surface area contributed by atoms with Gasteiger partial charge in [-0.25, -0.2) is 13.2 Å². The summed E-state index contributed by atoms with van der Waals surface area (Å²) in [6.07, 6.45) is 3.47. The van der Waals surface area contributed by atoms with Crippen LogP contribution < -0.4 is 15.4 Å². The predicted octanol–water partition coefficient (Wildman–Crippen LogP) is 5.33. The molecule has 0 aromatic heterocycles. The molecule has 10 nitrogen and oxygen atoms in total. The zero-order chi connectivity index (χ0) is 33.0. The number of nitrogens with zero attached hydrogens (tertiary/aromatic N) is 2.